The fourth-order valence-corrected chi connectivity index (χ4v) is 4.55. The molecule has 1 nitrogen and oxygen atoms in total. The normalized spacial score (nSPS) is 12.6. The summed E-state index contributed by atoms with van der Waals surface area (Å²) in [7, 11) is 0. The molecule has 0 saturated carbocycles. The van der Waals surface area contributed by atoms with Gasteiger partial charge in [-0.05, 0) is 66.6 Å². The first kappa shape index (κ1) is 17.2. The SMILES string of the molecule is CCCNC(c1cc(Br)c(C)cc1Br)c1sccc1CC. The lowest BCUT2D eigenvalue weighted by Gasteiger charge is -2.22. The maximum absolute atomic E-state index is 3.75. The average Bonchev–Trinajstić information content (AvgIpc) is 2.93. The Morgan fingerprint density at radius 3 is 2.62 bits per heavy atom. The Labute approximate surface area is 148 Å². The monoisotopic (exact) mass is 429 g/mol. The Hall–Kier alpha value is -0.160. The topological polar surface area (TPSA) is 12.0 Å². The van der Waals surface area contributed by atoms with Crippen molar-refractivity contribution >= 4 is 43.2 Å². The van der Waals surface area contributed by atoms with E-state index in [4.69, 9.17) is 0 Å². The van der Waals surface area contributed by atoms with E-state index in [-0.39, 0.29) is 6.04 Å². The predicted molar refractivity (Wildman–Crippen MR) is 100 cm³/mol. The molecule has 0 radical (unpaired) electrons. The molecule has 0 aliphatic heterocycles. The second-order valence-corrected chi connectivity index (χ2v) is 7.83. The number of benzene rings is 1. The molecule has 1 N–H and O–H groups in total. The lowest BCUT2D eigenvalue weighted by Crippen LogP contribution is -2.23. The van der Waals surface area contributed by atoms with E-state index in [0.29, 0.717) is 0 Å². The zero-order chi connectivity index (χ0) is 15.4. The molecule has 114 valence electrons. The third kappa shape index (κ3) is 3.98. The number of hydrogen-bond donors (Lipinski definition) is 1. The number of nitrogens with one attached hydrogen (secondary N) is 1. The van der Waals surface area contributed by atoms with Crippen LogP contribution in [0.25, 0.3) is 0 Å². The lowest BCUT2D eigenvalue weighted by molar-refractivity contribution is 0.600. The van der Waals surface area contributed by atoms with Gasteiger partial charge in [-0.2, -0.15) is 0 Å². The summed E-state index contributed by atoms with van der Waals surface area (Å²) in [5.74, 6) is 0. The quantitative estimate of drug-likeness (QED) is 0.572. The highest BCUT2D eigenvalue weighted by Gasteiger charge is 2.20. The van der Waals surface area contributed by atoms with Crippen molar-refractivity contribution in [3.05, 3.63) is 54.1 Å². The molecule has 1 aromatic carbocycles. The van der Waals surface area contributed by atoms with Crippen LogP contribution in [0.3, 0.4) is 0 Å². The molecule has 1 heterocycles. The van der Waals surface area contributed by atoms with Crippen LogP contribution in [0.15, 0.2) is 32.5 Å². The smallest absolute Gasteiger partial charge is 0.0685 e. The summed E-state index contributed by atoms with van der Waals surface area (Å²) in [5, 5.41) is 5.91. The van der Waals surface area contributed by atoms with Crippen LogP contribution in [0, 0.1) is 6.92 Å². The summed E-state index contributed by atoms with van der Waals surface area (Å²) in [6, 6.07) is 6.94. The summed E-state index contributed by atoms with van der Waals surface area (Å²) < 4.78 is 2.34. The summed E-state index contributed by atoms with van der Waals surface area (Å²) in [4.78, 5) is 1.43. The maximum Gasteiger partial charge on any atom is 0.0685 e. The summed E-state index contributed by atoms with van der Waals surface area (Å²) in [6.45, 7) is 7.57. The van der Waals surface area contributed by atoms with E-state index >= 15 is 0 Å². The lowest BCUT2D eigenvalue weighted by atomic mass is 10.00. The van der Waals surface area contributed by atoms with Crippen molar-refractivity contribution in [3.63, 3.8) is 0 Å². The van der Waals surface area contributed by atoms with Gasteiger partial charge in [0, 0.05) is 13.8 Å². The molecule has 2 aromatic rings. The van der Waals surface area contributed by atoms with Crippen LogP contribution in [-0.2, 0) is 6.42 Å². The van der Waals surface area contributed by atoms with E-state index in [1.807, 2.05) is 11.3 Å². The molecule has 0 saturated heterocycles. The molecule has 21 heavy (non-hydrogen) atoms. The number of hydrogen-bond acceptors (Lipinski definition) is 2. The van der Waals surface area contributed by atoms with Crippen LogP contribution in [0.1, 0.15) is 47.9 Å². The molecule has 0 spiro atoms. The van der Waals surface area contributed by atoms with Gasteiger partial charge in [-0.25, -0.2) is 0 Å². The van der Waals surface area contributed by atoms with Crippen LogP contribution in [0.4, 0.5) is 0 Å². The molecular weight excluding hydrogens is 410 g/mol. The largest absolute Gasteiger partial charge is 0.306 e. The van der Waals surface area contributed by atoms with Gasteiger partial charge in [0.1, 0.15) is 0 Å². The minimum Gasteiger partial charge on any atom is -0.306 e. The first-order valence-electron chi connectivity index (χ1n) is 7.33. The predicted octanol–water partition coefficient (Wildman–Crippen LogP) is 6.23. The second kappa shape index (κ2) is 7.91. The highest BCUT2D eigenvalue weighted by Crippen LogP contribution is 2.36. The van der Waals surface area contributed by atoms with Gasteiger partial charge in [0.25, 0.3) is 0 Å². The molecule has 4 heteroatoms. The van der Waals surface area contributed by atoms with Gasteiger partial charge in [0.05, 0.1) is 6.04 Å². The van der Waals surface area contributed by atoms with E-state index in [1.165, 1.54) is 30.5 Å². The van der Waals surface area contributed by atoms with E-state index < -0.39 is 0 Å². The Kier molecular flexibility index (Phi) is 6.48. The molecule has 2 rings (SSSR count). The van der Waals surface area contributed by atoms with Crippen LogP contribution < -0.4 is 5.32 Å². The summed E-state index contributed by atoms with van der Waals surface area (Å²) >= 11 is 9.27. The van der Waals surface area contributed by atoms with Crippen molar-refractivity contribution in [2.75, 3.05) is 6.54 Å². The Morgan fingerprint density at radius 1 is 1.19 bits per heavy atom. The van der Waals surface area contributed by atoms with Gasteiger partial charge in [-0.15, -0.1) is 11.3 Å². The van der Waals surface area contributed by atoms with Gasteiger partial charge < -0.3 is 5.32 Å². The Morgan fingerprint density at radius 2 is 1.95 bits per heavy atom. The molecular formula is C17H21Br2NS. The first-order chi connectivity index (χ1) is 10.1. The van der Waals surface area contributed by atoms with Gasteiger partial charge in [0.2, 0.25) is 0 Å². The fourth-order valence-electron chi connectivity index (χ4n) is 2.41. The van der Waals surface area contributed by atoms with Crippen molar-refractivity contribution < 1.29 is 0 Å². The zero-order valence-electron chi connectivity index (χ0n) is 12.7. The zero-order valence-corrected chi connectivity index (χ0v) is 16.7. The molecule has 1 unspecified atom stereocenters. The third-order valence-electron chi connectivity index (χ3n) is 3.61. The molecule has 0 amide bonds. The number of aryl methyl sites for hydroxylation is 2. The Balaban J connectivity index is 2.48. The van der Waals surface area contributed by atoms with Crippen molar-refractivity contribution in [2.45, 2.75) is 39.7 Å². The second-order valence-electron chi connectivity index (χ2n) is 5.17. The van der Waals surface area contributed by atoms with Crippen LogP contribution in [-0.4, -0.2) is 6.54 Å². The molecule has 1 atom stereocenters. The number of thiophene rings is 1. The van der Waals surface area contributed by atoms with Crippen molar-refractivity contribution in [1.82, 2.24) is 5.32 Å². The van der Waals surface area contributed by atoms with Crippen LogP contribution in [0.5, 0.6) is 0 Å². The molecule has 0 aliphatic rings. The summed E-state index contributed by atoms with van der Waals surface area (Å²) in [6.07, 6.45) is 2.21. The van der Waals surface area contributed by atoms with E-state index in [0.717, 1.165) is 19.4 Å². The minimum absolute atomic E-state index is 0.256. The standard InChI is InChI=1S/C17H21Br2NS/c1-4-7-20-16(17-12(5-2)6-8-21-17)13-10-14(18)11(3)9-15(13)19/h6,8-10,16,20H,4-5,7H2,1-3H3. The van der Waals surface area contributed by atoms with Crippen molar-refractivity contribution in [3.8, 4) is 0 Å². The highest BCUT2D eigenvalue weighted by atomic mass is 79.9. The average molecular weight is 431 g/mol. The van der Waals surface area contributed by atoms with E-state index in [9.17, 15) is 0 Å². The molecule has 0 aliphatic carbocycles. The van der Waals surface area contributed by atoms with E-state index in [2.05, 4.69) is 81.5 Å². The van der Waals surface area contributed by atoms with E-state index in [1.54, 1.807) is 0 Å². The summed E-state index contributed by atoms with van der Waals surface area (Å²) in [5.41, 5.74) is 4.00. The number of rotatable bonds is 6. The van der Waals surface area contributed by atoms with Crippen molar-refractivity contribution in [2.24, 2.45) is 0 Å². The molecule has 1 aromatic heterocycles. The third-order valence-corrected chi connectivity index (χ3v) is 6.18. The molecule has 0 fully saturated rings. The number of halogens is 2. The van der Waals surface area contributed by atoms with Gasteiger partial charge in [0.15, 0.2) is 0 Å². The van der Waals surface area contributed by atoms with Crippen LogP contribution >= 0.6 is 43.2 Å². The van der Waals surface area contributed by atoms with Gasteiger partial charge >= 0.3 is 0 Å². The van der Waals surface area contributed by atoms with Crippen molar-refractivity contribution in [1.29, 1.82) is 0 Å². The highest BCUT2D eigenvalue weighted by molar-refractivity contribution is 9.11. The Bertz CT molecular complexity index is 607. The fraction of sp³-hybridized carbons (Fsp3) is 0.412. The molecule has 0 bridgehead atoms. The van der Waals surface area contributed by atoms with Crippen LogP contribution in [0.2, 0.25) is 0 Å². The van der Waals surface area contributed by atoms with Gasteiger partial charge in [-0.1, -0.05) is 45.7 Å². The first-order valence-corrected chi connectivity index (χ1v) is 9.80. The minimum atomic E-state index is 0.256. The maximum atomic E-state index is 3.75. The van der Waals surface area contributed by atoms with Gasteiger partial charge in [-0.3, -0.25) is 0 Å².